The number of hydrogen-bond acceptors (Lipinski definition) is 7. The van der Waals surface area contributed by atoms with Crippen molar-refractivity contribution >= 4 is 17.9 Å². The molecular weight excluding hydrogens is 448 g/mol. The molecule has 0 aliphatic heterocycles. The van der Waals surface area contributed by atoms with Crippen molar-refractivity contribution in [3.63, 3.8) is 0 Å². The van der Waals surface area contributed by atoms with E-state index in [4.69, 9.17) is 29.2 Å². The van der Waals surface area contributed by atoms with Crippen molar-refractivity contribution in [2.24, 2.45) is 0 Å². The van der Waals surface area contributed by atoms with Gasteiger partial charge in [-0.1, -0.05) is 12.1 Å². The normalized spacial score (nSPS) is 15.9. The first-order valence-corrected chi connectivity index (χ1v) is 11.9. The van der Waals surface area contributed by atoms with Gasteiger partial charge in [-0.3, -0.25) is 4.79 Å². The number of aliphatic hydroxyl groups is 2. The summed E-state index contributed by atoms with van der Waals surface area (Å²) in [5.74, 6) is 2.43. The maximum atomic E-state index is 13.2. The zero-order valence-corrected chi connectivity index (χ0v) is 20.4. The first-order valence-electron chi connectivity index (χ1n) is 11.9. The second-order valence-electron chi connectivity index (χ2n) is 8.19. The van der Waals surface area contributed by atoms with Gasteiger partial charge in [-0.2, -0.15) is 0 Å². The Hall–Kier alpha value is -3.29. The van der Waals surface area contributed by atoms with Gasteiger partial charge in [-0.15, -0.1) is 0 Å². The maximum absolute atomic E-state index is 13.2. The van der Waals surface area contributed by atoms with Crippen molar-refractivity contribution in [3.05, 3.63) is 58.7 Å². The van der Waals surface area contributed by atoms with Crippen LogP contribution in [0.4, 0.5) is 0 Å². The van der Waals surface area contributed by atoms with E-state index < -0.39 is 0 Å². The summed E-state index contributed by atoms with van der Waals surface area (Å²) in [6.07, 6.45) is 7.24. The monoisotopic (exact) mass is 482 g/mol. The number of benzene rings is 2. The fourth-order valence-electron chi connectivity index (χ4n) is 3.86. The number of ketones is 1. The number of Topliss-reactive ketones (excluding diaryl/α,β-unsaturated/α-hetero) is 1. The molecule has 0 aromatic heterocycles. The molecule has 1 fully saturated rings. The lowest BCUT2D eigenvalue weighted by Gasteiger charge is -2.17. The molecule has 2 N–H and O–H groups in total. The van der Waals surface area contributed by atoms with Crippen LogP contribution in [0.2, 0.25) is 0 Å². The van der Waals surface area contributed by atoms with Gasteiger partial charge in [0.25, 0.3) is 0 Å². The van der Waals surface area contributed by atoms with Crippen molar-refractivity contribution in [1.82, 2.24) is 0 Å². The number of aliphatic hydroxyl groups excluding tert-OH is 2. The van der Waals surface area contributed by atoms with Crippen molar-refractivity contribution in [2.75, 3.05) is 40.6 Å². The Bertz CT molecular complexity index is 974. The van der Waals surface area contributed by atoms with Crippen LogP contribution in [-0.4, -0.2) is 56.6 Å². The molecule has 0 radical (unpaired) electrons. The lowest BCUT2D eigenvalue weighted by molar-refractivity contribution is -0.112. The summed E-state index contributed by atoms with van der Waals surface area (Å²) in [4.78, 5) is 13.2. The largest absolute Gasteiger partial charge is 0.493 e. The molecule has 188 valence electrons. The third-order valence-electron chi connectivity index (χ3n) is 5.65. The van der Waals surface area contributed by atoms with E-state index in [1.807, 2.05) is 48.6 Å². The SMILES string of the molecule is COc1cc(/C=C2/CCC/C(=C\c3ccc(OCCCO)c(OC)c3)C2=O)ccc1OCCCO. The molecule has 0 spiro atoms. The van der Waals surface area contributed by atoms with Gasteiger partial charge in [0.2, 0.25) is 0 Å². The number of ether oxygens (including phenoxy) is 4. The lowest BCUT2D eigenvalue weighted by Crippen LogP contribution is -2.12. The smallest absolute Gasteiger partial charge is 0.185 e. The van der Waals surface area contributed by atoms with E-state index in [1.165, 1.54) is 0 Å². The van der Waals surface area contributed by atoms with Gasteiger partial charge < -0.3 is 29.2 Å². The fourth-order valence-corrected chi connectivity index (χ4v) is 3.86. The molecule has 7 heteroatoms. The van der Waals surface area contributed by atoms with E-state index in [0.29, 0.717) is 61.9 Å². The van der Waals surface area contributed by atoms with E-state index in [2.05, 4.69) is 0 Å². The first-order chi connectivity index (χ1) is 17.1. The highest BCUT2D eigenvalue weighted by Crippen LogP contribution is 2.33. The average Bonchev–Trinajstić information content (AvgIpc) is 2.88. The van der Waals surface area contributed by atoms with E-state index in [0.717, 1.165) is 28.7 Å². The minimum atomic E-state index is 0.0423. The number of allylic oxidation sites excluding steroid dienone is 2. The van der Waals surface area contributed by atoms with Crippen LogP contribution in [0, 0.1) is 0 Å². The van der Waals surface area contributed by atoms with Crippen LogP contribution in [0.3, 0.4) is 0 Å². The van der Waals surface area contributed by atoms with Crippen LogP contribution < -0.4 is 18.9 Å². The van der Waals surface area contributed by atoms with Crippen molar-refractivity contribution in [1.29, 1.82) is 0 Å². The van der Waals surface area contributed by atoms with Gasteiger partial charge in [0.05, 0.1) is 27.4 Å². The molecule has 1 aliphatic rings. The summed E-state index contributed by atoms with van der Waals surface area (Å²) >= 11 is 0. The van der Waals surface area contributed by atoms with Crippen LogP contribution >= 0.6 is 0 Å². The second kappa shape index (κ2) is 13.6. The Morgan fingerprint density at radius 3 is 1.60 bits per heavy atom. The van der Waals surface area contributed by atoms with Crippen molar-refractivity contribution < 1.29 is 34.0 Å². The molecule has 2 aromatic rings. The average molecular weight is 483 g/mol. The van der Waals surface area contributed by atoms with E-state index in [9.17, 15) is 4.79 Å². The lowest BCUT2D eigenvalue weighted by atomic mass is 9.87. The molecule has 35 heavy (non-hydrogen) atoms. The summed E-state index contributed by atoms with van der Waals surface area (Å²) in [6.45, 7) is 0.945. The maximum Gasteiger partial charge on any atom is 0.185 e. The number of carbonyl (C=O) groups is 1. The quantitative estimate of drug-likeness (QED) is 0.341. The molecular formula is C28H34O7. The highest BCUT2D eigenvalue weighted by Gasteiger charge is 2.21. The zero-order valence-electron chi connectivity index (χ0n) is 20.4. The molecule has 0 saturated heterocycles. The molecule has 1 aliphatic carbocycles. The molecule has 7 nitrogen and oxygen atoms in total. The molecule has 0 atom stereocenters. The third-order valence-corrected chi connectivity index (χ3v) is 5.65. The van der Waals surface area contributed by atoms with Gasteiger partial charge in [-0.05, 0) is 66.8 Å². The third kappa shape index (κ3) is 7.34. The van der Waals surface area contributed by atoms with E-state index >= 15 is 0 Å². The molecule has 0 heterocycles. The van der Waals surface area contributed by atoms with Gasteiger partial charge >= 0.3 is 0 Å². The molecule has 2 aromatic carbocycles. The zero-order chi connectivity index (χ0) is 25.0. The van der Waals surface area contributed by atoms with Gasteiger partial charge in [0.15, 0.2) is 28.8 Å². The Labute approximate surface area is 206 Å². The van der Waals surface area contributed by atoms with E-state index in [-0.39, 0.29) is 19.0 Å². The number of hydrogen-bond donors (Lipinski definition) is 2. The Balaban J connectivity index is 1.78. The second-order valence-corrected chi connectivity index (χ2v) is 8.19. The Morgan fingerprint density at radius 2 is 1.20 bits per heavy atom. The molecule has 0 bridgehead atoms. The summed E-state index contributed by atoms with van der Waals surface area (Å²) < 4.78 is 22.2. The molecule has 1 saturated carbocycles. The van der Waals surface area contributed by atoms with Crippen LogP contribution in [-0.2, 0) is 4.79 Å². The minimum absolute atomic E-state index is 0.0423. The van der Waals surface area contributed by atoms with Crippen molar-refractivity contribution in [3.8, 4) is 23.0 Å². The predicted molar refractivity (Wildman–Crippen MR) is 135 cm³/mol. The summed E-state index contributed by atoms with van der Waals surface area (Å²) in [5, 5.41) is 17.9. The summed E-state index contributed by atoms with van der Waals surface area (Å²) in [5.41, 5.74) is 3.25. The van der Waals surface area contributed by atoms with Crippen LogP contribution in [0.1, 0.15) is 43.2 Å². The molecule has 3 rings (SSSR count). The minimum Gasteiger partial charge on any atom is -0.493 e. The highest BCUT2D eigenvalue weighted by molar-refractivity contribution is 6.14. The topological polar surface area (TPSA) is 94.5 Å². The molecule has 0 unspecified atom stereocenters. The van der Waals surface area contributed by atoms with Gasteiger partial charge in [0, 0.05) is 37.2 Å². The van der Waals surface area contributed by atoms with Gasteiger partial charge in [-0.25, -0.2) is 0 Å². The molecule has 0 amide bonds. The van der Waals surface area contributed by atoms with Crippen LogP contribution in [0.25, 0.3) is 12.2 Å². The highest BCUT2D eigenvalue weighted by atomic mass is 16.5. The predicted octanol–water partition coefficient (Wildman–Crippen LogP) is 4.45. The Kier molecular flexibility index (Phi) is 10.2. The van der Waals surface area contributed by atoms with Gasteiger partial charge in [0.1, 0.15) is 0 Å². The fraction of sp³-hybridized carbons (Fsp3) is 0.393. The number of rotatable bonds is 12. The standard InChI is InChI=1S/C28H34O7/c1-32-26-18-20(8-10-24(26)34-14-4-12-29)16-22-6-3-7-23(28(22)31)17-21-9-11-25(27(19-21)33-2)35-15-5-13-30/h8-11,16-19,29-30H,3-7,12-15H2,1-2H3/b22-16-,23-17+. The van der Waals surface area contributed by atoms with Crippen LogP contribution in [0.5, 0.6) is 23.0 Å². The number of methoxy groups -OCH3 is 2. The van der Waals surface area contributed by atoms with E-state index in [1.54, 1.807) is 14.2 Å². The summed E-state index contributed by atoms with van der Waals surface area (Å²) in [7, 11) is 3.16. The number of carbonyl (C=O) groups excluding carboxylic acids is 1. The summed E-state index contributed by atoms with van der Waals surface area (Å²) in [6, 6.07) is 11.1. The Morgan fingerprint density at radius 1 is 0.743 bits per heavy atom. The van der Waals surface area contributed by atoms with Crippen LogP contribution in [0.15, 0.2) is 47.5 Å². The first kappa shape index (κ1) is 26.3. The van der Waals surface area contributed by atoms with Crippen molar-refractivity contribution in [2.45, 2.75) is 32.1 Å².